The van der Waals surface area contributed by atoms with Gasteiger partial charge < -0.3 is 15.7 Å². The monoisotopic (exact) mass is 368 g/mol. The van der Waals surface area contributed by atoms with Crippen LogP contribution < -0.4 is 10.6 Å². The van der Waals surface area contributed by atoms with Gasteiger partial charge in [-0.2, -0.15) is 24.4 Å². The number of nitrogens with one attached hydrogen (secondary N) is 2. The maximum absolute atomic E-state index is 11.1. The number of amides is 2. The zero-order valence-corrected chi connectivity index (χ0v) is 15.2. The van der Waals surface area contributed by atoms with Crippen LogP contribution in [0.15, 0.2) is 30.3 Å². The maximum Gasteiger partial charge on any atom is 0.315 e. The molecule has 7 heteroatoms. The average molecular weight is 369 g/mol. The number of unbranched alkanes of at least 4 members (excludes halogenated alkanes) is 1. The molecule has 3 atom stereocenters. The molecule has 3 N–H and O–H groups in total. The topological polar surface area (TPSA) is 78.4 Å². The van der Waals surface area contributed by atoms with Crippen molar-refractivity contribution in [1.29, 1.82) is 0 Å². The van der Waals surface area contributed by atoms with E-state index in [0.29, 0.717) is 5.25 Å². The van der Waals surface area contributed by atoms with Crippen LogP contribution in [0.3, 0.4) is 0 Å². The van der Waals surface area contributed by atoms with Gasteiger partial charge in [0.05, 0.1) is 12.1 Å². The Hall–Kier alpha value is -1.34. The Balaban J connectivity index is 0.000000219. The van der Waals surface area contributed by atoms with E-state index in [1.807, 2.05) is 30.0 Å². The minimum Gasteiger partial charge on any atom is -0.481 e. The second kappa shape index (κ2) is 9.84. The fraction of sp³-hybridized carbons (Fsp3) is 0.529. The SMILES string of the molecule is O=C(O)CCCC[C@@H]1SC[C@@H]2NC(=O)N[C@@H]21.SCc1ccccc1. The van der Waals surface area contributed by atoms with Crippen molar-refractivity contribution < 1.29 is 14.7 Å². The Bertz CT molecular complexity index is 542. The number of urea groups is 1. The first-order valence-electron chi connectivity index (χ1n) is 8.15. The molecule has 3 rings (SSSR count). The smallest absolute Gasteiger partial charge is 0.315 e. The van der Waals surface area contributed by atoms with Crippen LogP contribution in [0.1, 0.15) is 31.2 Å². The number of thiol groups is 1. The molecule has 132 valence electrons. The molecule has 2 fully saturated rings. The fourth-order valence-corrected chi connectivity index (χ4v) is 4.60. The molecule has 0 saturated carbocycles. The van der Waals surface area contributed by atoms with Crippen molar-refractivity contribution >= 4 is 36.4 Å². The lowest BCUT2D eigenvalue weighted by molar-refractivity contribution is -0.137. The summed E-state index contributed by atoms with van der Waals surface area (Å²) in [4.78, 5) is 21.5. The Morgan fingerprint density at radius 3 is 2.62 bits per heavy atom. The third-order valence-electron chi connectivity index (χ3n) is 4.09. The van der Waals surface area contributed by atoms with Crippen molar-refractivity contribution in [2.45, 2.75) is 48.8 Å². The minimum absolute atomic E-state index is 0.0640. The zero-order chi connectivity index (χ0) is 17.4. The number of hydrogen-bond donors (Lipinski definition) is 4. The first-order valence-corrected chi connectivity index (χ1v) is 9.83. The van der Waals surface area contributed by atoms with Gasteiger partial charge in [0.25, 0.3) is 0 Å². The molecule has 0 aromatic heterocycles. The van der Waals surface area contributed by atoms with Gasteiger partial charge in [-0.25, -0.2) is 4.79 Å². The molecule has 2 heterocycles. The molecule has 2 amide bonds. The van der Waals surface area contributed by atoms with E-state index >= 15 is 0 Å². The summed E-state index contributed by atoms with van der Waals surface area (Å²) in [7, 11) is 0. The number of rotatable bonds is 6. The Kier molecular flexibility index (Phi) is 7.78. The standard InChI is InChI=1S/C10H16N2O3S.C7H8S/c13-8(14)4-2-1-3-7-9-6(5-16-7)11-10(15)12-9;8-6-7-4-2-1-3-5-7/h6-7,9H,1-5H2,(H,13,14)(H2,11,12,15);1-5,8H,6H2/t6-,7-,9-;/m0./s1. The molecular weight excluding hydrogens is 344 g/mol. The molecule has 0 bridgehead atoms. The van der Waals surface area contributed by atoms with Gasteiger partial charge in [0.2, 0.25) is 0 Å². The van der Waals surface area contributed by atoms with Crippen molar-refractivity contribution in [2.24, 2.45) is 0 Å². The number of carbonyl (C=O) groups excluding carboxylic acids is 1. The molecule has 2 saturated heterocycles. The predicted molar refractivity (Wildman–Crippen MR) is 101 cm³/mol. The molecule has 0 unspecified atom stereocenters. The molecule has 24 heavy (non-hydrogen) atoms. The highest BCUT2D eigenvalue weighted by Gasteiger charge is 2.42. The summed E-state index contributed by atoms with van der Waals surface area (Å²) in [5, 5.41) is 14.8. The first-order chi connectivity index (χ1) is 11.6. The van der Waals surface area contributed by atoms with Crippen molar-refractivity contribution in [2.75, 3.05) is 5.75 Å². The molecule has 0 radical (unpaired) electrons. The van der Waals surface area contributed by atoms with E-state index in [0.717, 1.165) is 30.8 Å². The van der Waals surface area contributed by atoms with Crippen LogP contribution >= 0.6 is 24.4 Å². The Morgan fingerprint density at radius 1 is 1.25 bits per heavy atom. The molecule has 0 aliphatic carbocycles. The Morgan fingerprint density at radius 2 is 2.00 bits per heavy atom. The van der Waals surface area contributed by atoms with Gasteiger partial charge >= 0.3 is 12.0 Å². The third kappa shape index (κ3) is 5.94. The summed E-state index contributed by atoms with van der Waals surface area (Å²) in [6, 6.07) is 10.6. The number of thioether (sulfide) groups is 1. The largest absolute Gasteiger partial charge is 0.481 e. The fourth-order valence-electron chi connectivity index (χ4n) is 2.85. The molecule has 0 spiro atoms. The van der Waals surface area contributed by atoms with Crippen molar-refractivity contribution in [1.82, 2.24) is 10.6 Å². The lowest BCUT2D eigenvalue weighted by Crippen LogP contribution is -2.36. The van der Waals surface area contributed by atoms with E-state index in [4.69, 9.17) is 5.11 Å². The van der Waals surface area contributed by atoms with Crippen LogP contribution in [0.5, 0.6) is 0 Å². The number of fused-ring (bicyclic) bond motifs is 1. The van der Waals surface area contributed by atoms with Gasteiger partial charge in [-0.15, -0.1) is 0 Å². The number of carboxylic acid groups (broad SMARTS) is 1. The quantitative estimate of drug-likeness (QED) is 0.354. The van der Waals surface area contributed by atoms with Gasteiger partial charge in [-0.05, 0) is 18.4 Å². The van der Waals surface area contributed by atoms with Crippen molar-refractivity contribution in [3.8, 4) is 0 Å². The molecule has 2 aliphatic rings. The molecule has 1 aromatic rings. The van der Waals surface area contributed by atoms with Crippen LogP contribution in [-0.4, -0.2) is 40.2 Å². The molecule has 1 aromatic carbocycles. The van der Waals surface area contributed by atoms with E-state index in [-0.39, 0.29) is 24.5 Å². The van der Waals surface area contributed by atoms with E-state index in [1.165, 1.54) is 5.56 Å². The van der Waals surface area contributed by atoms with Crippen molar-refractivity contribution in [3.63, 3.8) is 0 Å². The zero-order valence-electron chi connectivity index (χ0n) is 13.5. The number of carboxylic acids is 1. The van der Waals surface area contributed by atoms with E-state index in [2.05, 4.69) is 35.4 Å². The summed E-state index contributed by atoms with van der Waals surface area (Å²) in [6.07, 6.45) is 2.88. The van der Waals surface area contributed by atoms with Crippen LogP contribution in [0.25, 0.3) is 0 Å². The average Bonchev–Trinajstić information content (AvgIpc) is 3.12. The summed E-state index contributed by atoms with van der Waals surface area (Å²) in [5.41, 5.74) is 1.27. The number of carbonyl (C=O) groups is 2. The van der Waals surface area contributed by atoms with Gasteiger partial charge in [-0.3, -0.25) is 4.79 Å². The van der Waals surface area contributed by atoms with Crippen molar-refractivity contribution in [3.05, 3.63) is 35.9 Å². The van der Waals surface area contributed by atoms with Gasteiger partial charge in [-0.1, -0.05) is 36.8 Å². The summed E-state index contributed by atoms with van der Waals surface area (Å²) >= 11 is 5.98. The second-order valence-electron chi connectivity index (χ2n) is 5.91. The third-order valence-corrected chi connectivity index (χ3v) is 5.97. The summed E-state index contributed by atoms with van der Waals surface area (Å²) < 4.78 is 0. The van der Waals surface area contributed by atoms with Crippen LogP contribution in [-0.2, 0) is 10.5 Å². The number of benzene rings is 1. The minimum atomic E-state index is -0.729. The first kappa shape index (κ1) is 19.0. The number of hydrogen-bond acceptors (Lipinski definition) is 4. The van der Waals surface area contributed by atoms with Crippen LogP contribution in [0.2, 0.25) is 0 Å². The number of aliphatic carboxylic acids is 1. The lowest BCUT2D eigenvalue weighted by atomic mass is 10.0. The van der Waals surface area contributed by atoms with E-state index in [1.54, 1.807) is 0 Å². The highest BCUT2D eigenvalue weighted by molar-refractivity contribution is 8.00. The highest BCUT2D eigenvalue weighted by atomic mass is 32.2. The second-order valence-corrected chi connectivity index (χ2v) is 7.49. The highest BCUT2D eigenvalue weighted by Crippen LogP contribution is 2.33. The Labute approximate surface area is 152 Å². The molecule has 5 nitrogen and oxygen atoms in total. The summed E-state index contributed by atoms with van der Waals surface area (Å²) in [5.74, 6) is 1.07. The summed E-state index contributed by atoms with van der Waals surface area (Å²) in [6.45, 7) is 0. The van der Waals surface area contributed by atoms with Crippen LogP contribution in [0, 0.1) is 0 Å². The predicted octanol–water partition coefficient (Wildman–Crippen LogP) is 2.91. The molecular formula is C17H24N2O3S2. The maximum atomic E-state index is 11.1. The van der Waals surface area contributed by atoms with Crippen LogP contribution in [0.4, 0.5) is 4.79 Å². The van der Waals surface area contributed by atoms with Gasteiger partial charge in [0.1, 0.15) is 0 Å². The van der Waals surface area contributed by atoms with E-state index < -0.39 is 5.97 Å². The van der Waals surface area contributed by atoms with E-state index in [9.17, 15) is 9.59 Å². The lowest BCUT2D eigenvalue weighted by Gasteiger charge is -2.16. The normalized spacial score (nSPS) is 24.4. The van der Waals surface area contributed by atoms with Gasteiger partial charge in [0, 0.05) is 23.2 Å². The van der Waals surface area contributed by atoms with Gasteiger partial charge in [0.15, 0.2) is 0 Å². The molecule has 2 aliphatic heterocycles.